The summed E-state index contributed by atoms with van der Waals surface area (Å²) in [6.07, 6.45) is 1.67. The van der Waals surface area contributed by atoms with Crippen molar-refractivity contribution in [3.8, 4) is 0 Å². The lowest BCUT2D eigenvalue weighted by Gasteiger charge is -2.06. The van der Waals surface area contributed by atoms with E-state index < -0.39 is 11.8 Å². The van der Waals surface area contributed by atoms with E-state index in [-0.39, 0.29) is 5.56 Å². The standard InChI is InChI=1S/C13H9BrFNO2S/c14-9-2-4-12(16-6-9)19-7-8-1-3-10(15)5-11(8)13(17)18/h1-6H,7H2,(H,17,18). The molecule has 1 N–H and O–H groups in total. The summed E-state index contributed by atoms with van der Waals surface area (Å²) in [5.41, 5.74) is 0.563. The molecule has 19 heavy (non-hydrogen) atoms. The quantitative estimate of drug-likeness (QED) is 0.854. The number of carbonyl (C=O) groups is 1. The lowest BCUT2D eigenvalue weighted by atomic mass is 10.1. The second-order valence-corrected chi connectivity index (χ2v) is 5.62. The molecule has 2 aromatic rings. The van der Waals surface area contributed by atoms with E-state index in [4.69, 9.17) is 5.11 Å². The molecular weight excluding hydrogens is 333 g/mol. The molecule has 1 heterocycles. The second kappa shape index (κ2) is 6.16. The van der Waals surface area contributed by atoms with Crippen molar-refractivity contribution in [3.05, 3.63) is 57.9 Å². The van der Waals surface area contributed by atoms with Crippen LogP contribution in [-0.2, 0) is 5.75 Å². The summed E-state index contributed by atoms with van der Waals surface area (Å²) >= 11 is 4.69. The van der Waals surface area contributed by atoms with E-state index in [2.05, 4.69) is 20.9 Å². The molecule has 0 atom stereocenters. The zero-order chi connectivity index (χ0) is 13.8. The number of pyridine rings is 1. The van der Waals surface area contributed by atoms with Crippen LogP contribution >= 0.6 is 27.7 Å². The molecule has 0 saturated heterocycles. The Morgan fingerprint density at radius 2 is 2.16 bits per heavy atom. The first kappa shape index (κ1) is 14.0. The molecule has 0 fully saturated rings. The van der Waals surface area contributed by atoms with Crippen LogP contribution in [0.25, 0.3) is 0 Å². The van der Waals surface area contributed by atoms with Gasteiger partial charge in [0.25, 0.3) is 0 Å². The Hall–Kier alpha value is -1.40. The average Bonchev–Trinajstić information content (AvgIpc) is 2.39. The number of hydrogen-bond acceptors (Lipinski definition) is 3. The molecule has 0 spiro atoms. The fraction of sp³-hybridized carbons (Fsp3) is 0.0769. The molecule has 2 rings (SSSR count). The van der Waals surface area contributed by atoms with Crippen molar-refractivity contribution in [1.29, 1.82) is 0 Å². The molecule has 0 radical (unpaired) electrons. The number of carboxylic acids is 1. The number of benzene rings is 1. The smallest absolute Gasteiger partial charge is 0.336 e. The molecule has 0 aliphatic rings. The lowest BCUT2D eigenvalue weighted by Crippen LogP contribution is -2.02. The van der Waals surface area contributed by atoms with Gasteiger partial charge in [-0.25, -0.2) is 14.2 Å². The van der Waals surface area contributed by atoms with Crippen LogP contribution in [0.2, 0.25) is 0 Å². The Labute approximate surface area is 122 Å². The highest BCUT2D eigenvalue weighted by Gasteiger charge is 2.11. The third-order valence-corrected chi connectivity index (χ3v) is 3.84. The number of thioether (sulfide) groups is 1. The highest BCUT2D eigenvalue weighted by molar-refractivity contribution is 9.10. The number of aromatic nitrogens is 1. The number of aromatic carboxylic acids is 1. The first-order valence-electron chi connectivity index (χ1n) is 5.32. The maximum Gasteiger partial charge on any atom is 0.336 e. The van der Waals surface area contributed by atoms with Gasteiger partial charge < -0.3 is 5.11 Å². The first-order chi connectivity index (χ1) is 9.06. The second-order valence-electron chi connectivity index (χ2n) is 3.71. The molecule has 98 valence electrons. The maximum absolute atomic E-state index is 13.0. The van der Waals surface area contributed by atoms with Crippen molar-refractivity contribution in [2.75, 3.05) is 0 Å². The molecule has 0 amide bonds. The van der Waals surface area contributed by atoms with E-state index in [9.17, 15) is 9.18 Å². The summed E-state index contributed by atoms with van der Waals surface area (Å²) in [6, 6.07) is 7.48. The predicted molar refractivity (Wildman–Crippen MR) is 74.9 cm³/mol. The molecule has 0 unspecified atom stereocenters. The van der Waals surface area contributed by atoms with Gasteiger partial charge in [0.1, 0.15) is 5.82 Å². The van der Waals surface area contributed by atoms with Gasteiger partial charge in [-0.2, -0.15) is 0 Å². The van der Waals surface area contributed by atoms with E-state index in [1.807, 2.05) is 12.1 Å². The third-order valence-electron chi connectivity index (χ3n) is 2.38. The Morgan fingerprint density at radius 3 is 2.79 bits per heavy atom. The van der Waals surface area contributed by atoms with Crippen LogP contribution in [0.1, 0.15) is 15.9 Å². The van der Waals surface area contributed by atoms with Crippen molar-refractivity contribution in [2.24, 2.45) is 0 Å². The minimum absolute atomic E-state index is 0.00962. The average molecular weight is 342 g/mol. The number of nitrogens with zero attached hydrogens (tertiary/aromatic N) is 1. The molecule has 0 saturated carbocycles. The summed E-state index contributed by atoms with van der Waals surface area (Å²) in [5, 5.41) is 9.81. The summed E-state index contributed by atoms with van der Waals surface area (Å²) < 4.78 is 13.9. The monoisotopic (exact) mass is 341 g/mol. The number of halogens is 2. The molecule has 1 aromatic carbocycles. The van der Waals surface area contributed by atoms with Gasteiger partial charge in [0, 0.05) is 16.4 Å². The van der Waals surface area contributed by atoms with Crippen molar-refractivity contribution < 1.29 is 14.3 Å². The van der Waals surface area contributed by atoms with Crippen molar-refractivity contribution >= 4 is 33.7 Å². The Balaban J connectivity index is 2.15. The van der Waals surface area contributed by atoms with Gasteiger partial charge in [0.2, 0.25) is 0 Å². The molecule has 0 aliphatic heterocycles. The van der Waals surface area contributed by atoms with E-state index in [1.165, 1.54) is 23.9 Å². The van der Waals surface area contributed by atoms with Crippen molar-refractivity contribution in [3.63, 3.8) is 0 Å². The Morgan fingerprint density at radius 1 is 1.37 bits per heavy atom. The van der Waals surface area contributed by atoms with E-state index in [1.54, 1.807) is 6.20 Å². The summed E-state index contributed by atoms with van der Waals surface area (Å²) in [5.74, 6) is -1.25. The predicted octanol–water partition coefficient (Wildman–Crippen LogP) is 3.97. The van der Waals surface area contributed by atoms with Gasteiger partial charge in [-0.1, -0.05) is 6.07 Å². The lowest BCUT2D eigenvalue weighted by molar-refractivity contribution is 0.0695. The Bertz CT molecular complexity index is 604. The largest absolute Gasteiger partial charge is 0.478 e. The van der Waals surface area contributed by atoms with Crippen LogP contribution < -0.4 is 0 Å². The number of rotatable bonds is 4. The number of hydrogen-bond donors (Lipinski definition) is 1. The molecule has 6 heteroatoms. The maximum atomic E-state index is 13.0. The van der Waals surface area contributed by atoms with Crippen LogP contribution in [0.15, 0.2) is 46.0 Å². The van der Waals surface area contributed by atoms with Crippen LogP contribution in [-0.4, -0.2) is 16.1 Å². The molecule has 0 aliphatic carbocycles. The summed E-state index contributed by atoms with van der Waals surface area (Å²) in [6.45, 7) is 0. The zero-order valence-electron chi connectivity index (χ0n) is 9.64. The highest BCUT2D eigenvalue weighted by Crippen LogP contribution is 2.24. The topological polar surface area (TPSA) is 50.2 Å². The van der Waals surface area contributed by atoms with E-state index in [0.29, 0.717) is 11.3 Å². The van der Waals surface area contributed by atoms with Gasteiger partial charge >= 0.3 is 5.97 Å². The molecule has 3 nitrogen and oxygen atoms in total. The SMILES string of the molecule is O=C(O)c1cc(F)ccc1CSc1ccc(Br)cn1. The summed E-state index contributed by atoms with van der Waals surface area (Å²) in [4.78, 5) is 15.2. The zero-order valence-corrected chi connectivity index (χ0v) is 12.0. The van der Waals surface area contributed by atoms with Crippen LogP contribution in [0.3, 0.4) is 0 Å². The fourth-order valence-corrected chi connectivity index (χ4v) is 2.55. The molecular formula is C13H9BrFNO2S. The van der Waals surface area contributed by atoms with Gasteiger partial charge in [0.15, 0.2) is 0 Å². The van der Waals surface area contributed by atoms with Gasteiger partial charge in [-0.3, -0.25) is 0 Å². The minimum Gasteiger partial charge on any atom is -0.478 e. The van der Waals surface area contributed by atoms with Crippen LogP contribution in [0.4, 0.5) is 4.39 Å². The van der Waals surface area contributed by atoms with E-state index in [0.717, 1.165) is 15.6 Å². The summed E-state index contributed by atoms with van der Waals surface area (Å²) in [7, 11) is 0. The van der Waals surface area contributed by atoms with Gasteiger partial charge in [-0.05, 0) is 45.8 Å². The third kappa shape index (κ3) is 3.78. The first-order valence-corrected chi connectivity index (χ1v) is 7.10. The highest BCUT2D eigenvalue weighted by atomic mass is 79.9. The van der Waals surface area contributed by atoms with Gasteiger partial charge in [0.05, 0.1) is 10.6 Å². The van der Waals surface area contributed by atoms with E-state index >= 15 is 0 Å². The minimum atomic E-state index is -1.13. The Kier molecular flexibility index (Phi) is 4.55. The molecule has 0 bridgehead atoms. The van der Waals surface area contributed by atoms with Gasteiger partial charge in [-0.15, -0.1) is 11.8 Å². The normalized spacial score (nSPS) is 10.4. The van der Waals surface area contributed by atoms with Crippen LogP contribution in [0.5, 0.6) is 0 Å². The number of carboxylic acid groups (broad SMARTS) is 1. The van der Waals surface area contributed by atoms with Crippen molar-refractivity contribution in [1.82, 2.24) is 4.98 Å². The van der Waals surface area contributed by atoms with Crippen LogP contribution in [0, 0.1) is 5.82 Å². The fourth-order valence-electron chi connectivity index (χ4n) is 1.47. The molecule has 1 aromatic heterocycles. The van der Waals surface area contributed by atoms with Crippen molar-refractivity contribution in [2.45, 2.75) is 10.8 Å².